The van der Waals surface area contributed by atoms with Gasteiger partial charge in [0.25, 0.3) is 0 Å². The van der Waals surface area contributed by atoms with Gasteiger partial charge in [0.1, 0.15) is 5.75 Å². The lowest BCUT2D eigenvalue weighted by Gasteiger charge is -2.19. The van der Waals surface area contributed by atoms with E-state index >= 15 is 0 Å². The number of guanidine groups is 1. The van der Waals surface area contributed by atoms with Crippen molar-refractivity contribution < 1.29 is 4.74 Å². The van der Waals surface area contributed by atoms with Crippen molar-refractivity contribution in [1.29, 1.82) is 0 Å². The fraction of sp³-hybridized carbons (Fsp3) is 0.375. The second-order valence-corrected chi connectivity index (χ2v) is 7.69. The summed E-state index contributed by atoms with van der Waals surface area (Å²) in [5.41, 5.74) is 3.66. The SMILES string of the molecule is CN=C(NCc1cccc(N2CC=CC2)c1)NCc1ccccc1OCC1CC1.I. The summed E-state index contributed by atoms with van der Waals surface area (Å²) in [5.74, 6) is 2.50. The quantitative estimate of drug-likeness (QED) is 0.237. The maximum atomic E-state index is 6.01. The number of nitrogens with one attached hydrogen (secondary N) is 2. The Labute approximate surface area is 196 Å². The number of ether oxygens (including phenoxy) is 1. The van der Waals surface area contributed by atoms with Gasteiger partial charge in [-0.05, 0) is 42.5 Å². The Morgan fingerprint density at radius 3 is 2.57 bits per heavy atom. The molecule has 0 atom stereocenters. The molecule has 0 radical (unpaired) electrons. The number of halogens is 1. The molecule has 0 amide bonds. The molecular weight excluding hydrogens is 487 g/mol. The van der Waals surface area contributed by atoms with E-state index in [0.717, 1.165) is 49.4 Å². The van der Waals surface area contributed by atoms with Gasteiger partial charge in [-0.15, -0.1) is 24.0 Å². The van der Waals surface area contributed by atoms with Crippen LogP contribution >= 0.6 is 24.0 Å². The van der Waals surface area contributed by atoms with Gasteiger partial charge in [-0.1, -0.05) is 42.5 Å². The monoisotopic (exact) mass is 518 g/mol. The van der Waals surface area contributed by atoms with E-state index in [0.29, 0.717) is 6.54 Å². The van der Waals surface area contributed by atoms with E-state index in [1.807, 2.05) is 12.1 Å². The minimum absolute atomic E-state index is 0. The van der Waals surface area contributed by atoms with Crippen molar-refractivity contribution in [2.24, 2.45) is 10.9 Å². The van der Waals surface area contributed by atoms with E-state index in [-0.39, 0.29) is 24.0 Å². The lowest BCUT2D eigenvalue weighted by atomic mass is 10.2. The van der Waals surface area contributed by atoms with E-state index in [4.69, 9.17) is 4.74 Å². The molecule has 1 fully saturated rings. The molecule has 1 saturated carbocycles. The van der Waals surface area contributed by atoms with Crippen LogP contribution in [0.5, 0.6) is 5.75 Å². The summed E-state index contributed by atoms with van der Waals surface area (Å²) in [7, 11) is 1.80. The smallest absolute Gasteiger partial charge is 0.191 e. The van der Waals surface area contributed by atoms with E-state index in [2.05, 4.69) is 69.1 Å². The second kappa shape index (κ2) is 11.2. The van der Waals surface area contributed by atoms with Crippen molar-refractivity contribution >= 4 is 35.6 Å². The molecule has 6 heteroatoms. The van der Waals surface area contributed by atoms with Gasteiger partial charge in [-0.25, -0.2) is 0 Å². The molecule has 2 aliphatic rings. The van der Waals surface area contributed by atoms with Crippen molar-refractivity contribution in [3.8, 4) is 5.75 Å². The third-order valence-electron chi connectivity index (χ3n) is 5.37. The molecule has 1 aliphatic heterocycles. The summed E-state index contributed by atoms with van der Waals surface area (Å²) >= 11 is 0. The first-order chi connectivity index (χ1) is 14.3. The second-order valence-electron chi connectivity index (χ2n) is 7.69. The van der Waals surface area contributed by atoms with Crippen LogP contribution in [0.3, 0.4) is 0 Å². The Hall–Kier alpha value is -2.22. The fourth-order valence-corrected chi connectivity index (χ4v) is 3.42. The van der Waals surface area contributed by atoms with E-state index in [1.54, 1.807) is 7.05 Å². The molecule has 1 aliphatic carbocycles. The van der Waals surface area contributed by atoms with Gasteiger partial charge < -0.3 is 20.3 Å². The number of hydrogen-bond acceptors (Lipinski definition) is 3. The fourth-order valence-electron chi connectivity index (χ4n) is 3.42. The van der Waals surface area contributed by atoms with Crippen LogP contribution in [0, 0.1) is 5.92 Å². The molecule has 5 nitrogen and oxygen atoms in total. The molecule has 2 aromatic rings. The summed E-state index contributed by atoms with van der Waals surface area (Å²) in [6.07, 6.45) is 7.02. The molecule has 1 heterocycles. The Morgan fingerprint density at radius 1 is 1.03 bits per heavy atom. The van der Waals surface area contributed by atoms with Gasteiger partial charge in [-0.2, -0.15) is 0 Å². The maximum absolute atomic E-state index is 6.01. The van der Waals surface area contributed by atoms with Crippen molar-refractivity contribution in [1.82, 2.24) is 10.6 Å². The largest absolute Gasteiger partial charge is 0.493 e. The Kier molecular flexibility index (Phi) is 8.42. The van der Waals surface area contributed by atoms with Crippen LogP contribution in [0.2, 0.25) is 0 Å². The number of anilines is 1. The topological polar surface area (TPSA) is 48.9 Å². The van der Waals surface area contributed by atoms with Crippen LogP contribution in [0.15, 0.2) is 65.7 Å². The molecule has 0 aromatic heterocycles. The van der Waals surface area contributed by atoms with E-state index < -0.39 is 0 Å². The van der Waals surface area contributed by atoms with Gasteiger partial charge in [0.05, 0.1) is 6.61 Å². The number of aliphatic imine (C=N–C) groups is 1. The maximum Gasteiger partial charge on any atom is 0.191 e. The minimum Gasteiger partial charge on any atom is -0.493 e. The summed E-state index contributed by atoms with van der Waals surface area (Å²) in [6, 6.07) is 16.9. The Balaban J connectivity index is 0.00000256. The van der Waals surface area contributed by atoms with Crippen molar-refractivity contribution in [3.05, 3.63) is 71.8 Å². The van der Waals surface area contributed by atoms with Crippen molar-refractivity contribution in [2.75, 3.05) is 31.6 Å². The highest BCUT2D eigenvalue weighted by atomic mass is 127. The zero-order chi connectivity index (χ0) is 19.9. The van der Waals surface area contributed by atoms with Gasteiger partial charge in [-0.3, -0.25) is 4.99 Å². The normalized spacial score (nSPS) is 15.6. The Morgan fingerprint density at radius 2 is 1.80 bits per heavy atom. The third kappa shape index (κ3) is 6.39. The minimum atomic E-state index is 0. The van der Waals surface area contributed by atoms with Crippen LogP contribution in [-0.4, -0.2) is 32.7 Å². The first kappa shape index (κ1) is 22.5. The molecular formula is C24H31IN4O. The zero-order valence-electron chi connectivity index (χ0n) is 17.5. The van der Waals surface area contributed by atoms with Gasteiger partial charge in [0.15, 0.2) is 5.96 Å². The standard InChI is InChI=1S/C24H30N4O.HI/c1-25-24(26-16-20-7-6-9-22(15-20)28-13-4-5-14-28)27-17-21-8-2-3-10-23(21)29-18-19-11-12-19;/h2-10,15,19H,11-14,16-18H2,1H3,(H2,25,26,27);1H. The van der Waals surface area contributed by atoms with Gasteiger partial charge >= 0.3 is 0 Å². The van der Waals surface area contributed by atoms with Crippen molar-refractivity contribution in [2.45, 2.75) is 25.9 Å². The first-order valence-electron chi connectivity index (χ1n) is 10.5. The molecule has 2 aromatic carbocycles. The Bertz CT molecular complexity index is 871. The third-order valence-corrected chi connectivity index (χ3v) is 5.37. The van der Waals surface area contributed by atoms with Crippen LogP contribution in [0.1, 0.15) is 24.0 Å². The van der Waals surface area contributed by atoms with Gasteiger partial charge in [0, 0.05) is 44.5 Å². The summed E-state index contributed by atoms with van der Waals surface area (Å²) in [6.45, 7) is 4.21. The molecule has 30 heavy (non-hydrogen) atoms. The molecule has 160 valence electrons. The number of benzene rings is 2. The lowest BCUT2D eigenvalue weighted by Crippen LogP contribution is -2.36. The number of nitrogens with zero attached hydrogens (tertiary/aromatic N) is 2. The molecule has 0 saturated heterocycles. The summed E-state index contributed by atoms with van der Waals surface area (Å²) in [4.78, 5) is 6.72. The van der Waals surface area contributed by atoms with Crippen LogP contribution in [0.25, 0.3) is 0 Å². The predicted molar refractivity (Wildman–Crippen MR) is 135 cm³/mol. The van der Waals surface area contributed by atoms with Crippen molar-refractivity contribution in [3.63, 3.8) is 0 Å². The van der Waals surface area contributed by atoms with Crippen LogP contribution < -0.4 is 20.3 Å². The zero-order valence-corrected chi connectivity index (χ0v) is 19.8. The van der Waals surface area contributed by atoms with Crippen LogP contribution in [0.4, 0.5) is 5.69 Å². The van der Waals surface area contributed by atoms with Gasteiger partial charge in [0.2, 0.25) is 0 Å². The number of rotatable bonds is 8. The first-order valence-corrected chi connectivity index (χ1v) is 10.5. The van der Waals surface area contributed by atoms with E-state index in [1.165, 1.54) is 24.1 Å². The predicted octanol–water partition coefficient (Wildman–Crippen LogP) is 4.33. The number of para-hydroxylation sites is 1. The van der Waals surface area contributed by atoms with Crippen LogP contribution in [-0.2, 0) is 13.1 Å². The molecule has 2 N–H and O–H groups in total. The number of hydrogen-bond donors (Lipinski definition) is 2. The highest BCUT2D eigenvalue weighted by Gasteiger charge is 2.22. The molecule has 0 spiro atoms. The molecule has 0 unspecified atom stereocenters. The highest BCUT2D eigenvalue weighted by Crippen LogP contribution is 2.30. The summed E-state index contributed by atoms with van der Waals surface area (Å²) in [5, 5.41) is 6.83. The molecule has 4 rings (SSSR count). The highest BCUT2D eigenvalue weighted by molar-refractivity contribution is 14.0. The molecule has 0 bridgehead atoms. The average molecular weight is 518 g/mol. The lowest BCUT2D eigenvalue weighted by molar-refractivity contribution is 0.296. The van der Waals surface area contributed by atoms with E-state index in [9.17, 15) is 0 Å². The average Bonchev–Trinajstić information content (AvgIpc) is 3.43. The summed E-state index contributed by atoms with van der Waals surface area (Å²) < 4.78 is 6.01.